The van der Waals surface area contributed by atoms with Crippen LogP contribution in [0.15, 0.2) is 103 Å². The zero-order valence-corrected chi connectivity index (χ0v) is 39.3. The van der Waals surface area contributed by atoms with Crippen LogP contribution >= 0.6 is 0 Å². The maximum absolute atomic E-state index is 12.4. The summed E-state index contributed by atoms with van der Waals surface area (Å²) < 4.78 is 58.1. The molecule has 13 heteroatoms. The van der Waals surface area contributed by atoms with Gasteiger partial charge in [0.05, 0.1) is 31.1 Å². The molecule has 0 aliphatic rings. The summed E-state index contributed by atoms with van der Waals surface area (Å²) in [7, 11) is 0. The van der Waals surface area contributed by atoms with Crippen molar-refractivity contribution < 1.29 is 41.7 Å². The van der Waals surface area contributed by atoms with Gasteiger partial charge in [-0.15, -0.1) is 0 Å². The number of hydrogen-bond acceptors (Lipinski definition) is 10. The normalized spacial score (nSPS) is 11.3. The molecule has 0 radical (unpaired) electrons. The number of carbonyl (C=O) groups is 2. The zero-order valence-electron chi connectivity index (χ0n) is 39.3. The second-order valence-corrected chi connectivity index (χ2v) is 16.6. The number of hydrogen-bond donors (Lipinski definition) is 4. The maximum atomic E-state index is 12.4. The largest absolute Gasteiger partial charge is 0.494 e. The Labute approximate surface area is 396 Å². The number of carbonyl (C=O) groups excluding carboxylic acids is 2. The Bertz CT molecular complexity index is 2060. The number of unbranched alkanes of at least 4 members (excludes halogenated alkanes) is 15. The molecule has 0 bridgehead atoms. The molecular formula is C54H73F3N4O6. The summed E-state index contributed by atoms with van der Waals surface area (Å²) in [6.45, 7) is 3.14. The van der Waals surface area contributed by atoms with E-state index < -0.39 is 24.5 Å². The fourth-order valence-electron chi connectivity index (χ4n) is 6.95. The number of rotatable bonds is 30. The molecule has 0 heterocycles. The molecule has 8 N–H and O–H groups in total. The van der Waals surface area contributed by atoms with Crippen molar-refractivity contribution in [3.63, 3.8) is 0 Å². The van der Waals surface area contributed by atoms with Crippen LogP contribution in [0.25, 0.3) is 6.08 Å². The molecule has 0 saturated carbocycles. The van der Waals surface area contributed by atoms with Crippen molar-refractivity contribution in [2.24, 2.45) is 0 Å². The Balaban J connectivity index is 0.000000385. The highest BCUT2D eigenvalue weighted by atomic mass is 19.4. The lowest BCUT2D eigenvalue weighted by Gasteiger charge is -2.09. The first-order valence-corrected chi connectivity index (χ1v) is 23.9. The predicted molar refractivity (Wildman–Crippen MR) is 267 cm³/mol. The number of ether oxygens (including phenoxy) is 4. The van der Waals surface area contributed by atoms with Crippen LogP contribution < -0.4 is 37.1 Å². The molecular weight excluding hydrogens is 858 g/mol. The van der Waals surface area contributed by atoms with Crippen LogP contribution in [0.5, 0.6) is 17.2 Å². The quantitative estimate of drug-likeness (QED) is 0.00983. The van der Waals surface area contributed by atoms with E-state index in [2.05, 4.69) is 6.92 Å². The van der Waals surface area contributed by atoms with Gasteiger partial charge >= 0.3 is 18.1 Å². The van der Waals surface area contributed by atoms with Gasteiger partial charge in [0.15, 0.2) is 0 Å². The van der Waals surface area contributed by atoms with E-state index in [0.717, 1.165) is 29.9 Å². The molecule has 4 rings (SSSR count). The van der Waals surface area contributed by atoms with Crippen LogP contribution in [0, 0.1) is 0 Å². The lowest BCUT2D eigenvalue weighted by molar-refractivity contribution is -0.138. The van der Waals surface area contributed by atoms with Crippen molar-refractivity contribution in [2.45, 2.75) is 135 Å². The van der Waals surface area contributed by atoms with Crippen LogP contribution in [-0.4, -0.2) is 37.9 Å². The molecule has 0 aliphatic carbocycles. The summed E-state index contributed by atoms with van der Waals surface area (Å²) in [4.78, 5) is 24.2. The SMILES string of the molecule is CCCCCCCCCCCCCCCCCCOc1ccc(N)cc1N.Nc1ccc(CCOC(=O)/C=C/C=C/c2ccc(OC(=O)c3ccc(OCCCC(F)(F)F)cc3)cc2)c(N)c1. The fraction of sp³-hybridized carbons (Fsp3) is 0.444. The first-order chi connectivity index (χ1) is 32.3. The van der Waals surface area contributed by atoms with Crippen molar-refractivity contribution in [1.29, 1.82) is 0 Å². The first-order valence-electron chi connectivity index (χ1n) is 23.9. The Kier molecular flexibility index (Phi) is 26.8. The third-order valence-corrected chi connectivity index (χ3v) is 10.8. The zero-order chi connectivity index (χ0) is 48.5. The van der Waals surface area contributed by atoms with E-state index in [1.54, 1.807) is 66.8 Å². The summed E-state index contributed by atoms with van der Waals surface area (Å²) in [6, 6.07) is 23.3. The molecule has 0 atom stereocenters. The highest BCUT2D eigenvalue weighted by molar-refractivity contribution is 5.91. The van der Waals surface area contributed by atoms with Crippen molar-refractivity contribution in [3.05, 3.63) is 120 Å². The van der Waals surface area contributed by atoms with Gasteiger partial charge in [-0.05, 0) is 90.7 Å². The Morgan fingerprint density at radius 1 is 0.567 bits per heavy atom. The van der Waals surface area contributed by atoms with Gasteiger partial charge in [0, 0.05) is 36.0 Å². The molecule has 0 aromatic heterocycles. The van der Waals surface area contributed by atoms with Crippen molar-refractivity contribution in [3.8, 4) is 17.2 Å². The number of nitrogen functional groups attached to an aromatic ring is 4. The van der Waals surface area contributed by atoms with E-state index in [9.17, 15) is 22.8 Å². The van der Waals surface area contributed by atoms with Crippen LogP contribution in [0.2, 0.25) is 0 Å². The number of halogens is 3. The second kappa shape index (κ2) is 32.5. The highest BCUT2D eigenvalue weighted by Gasteiger charge is 2.26. The summed E-state index contributed by atoms with van der Waals surface area (Å²) in [6.07, 6.45) is 23.6. The van der Waals surface area contributed by atoms with E-state index in [1.807, 2.05) is 12.1 Å². The molecule has 0 fully saturated rings. The van der Waals surface area contributed by atoms with Crippen LogP contribution in [0.3, 0.4) is 0 Å². The van der Waals surface area contributed by atoms with Gasteiger partial charge in [-0.2, -0.15) is 13.2 Å². The first kappa shape index (κ1) is 55.2. The molecule has 0 aliphatic heterocycles. The maximum Gasteiger partial charge on any atom is 0.389 e. The van der Waals surface area contributed by atoms with Gasteiger partial charge in [-0.3, -0.25) is 0 Å². The summed E-state index contributed by atoms with van der Waals surface area (Å²) in [5.41, 5.74) is 27.5. The Morgan fingerprint density at radius 3 is 1.67 bits per heavy atom. The minimum Gasteiger partial charge on any atom is -0.494 e. The molecule has 366 valence electrons. The molecule has 0 amide bonds. The number of benzene rings is 4. The van der Waals surface area contributed by atoms with E-state index in [-0.39, 0.29) is 25.2 Å². The number of alkyl halides is 3. The number of nitrogens with two attached hydrogens (primary N) is 4. The molecule has 0 saturated heterocycles. The van der Waals surface area contributed by atoms with Crippen LogP contribution in [-0.2, 0) is 16.0 Å². The van der Waals surface area contributed by atoms with Gasteiger partial charge in [-0.25, -0.2) is 9.59 Å². The number of allylic oxidation sites excluding steroid dienone is 2. The lowest BCUT2D eigenvalue weighted by Crippen LogP contribution is -2.10. The molecule has 10 nitrogen and oxygen atoms in total. The topological polar surface area (TPSA) is 175 Å². The Hall–Kier alpha value is -6.11. The summed E-state index contributed by atoms with van der Waals surface area (Å²) >= 11 is 0. The molecule has 4 aromatic carbocycles. The minimum atomic E-state index is -4.21. The summed E-state index contributed by atoms with van der Waals surface area (Å²) in [5.74, 6) is 0.371. The molecule has 0 spiro atoms. The van der Waals surface area contributed by atoms with Crippen molar-refractivity contribution in [1.82, 2.24) is 0 Å². The van der Waals surface area contributed by atoms with Gasteiger partial charge in [0.25, 0.3) is 0 Å². The second-order valence-electron chi connectivity index (χ2n) is 16.6. The molecule has 0 unspecified atom stereocenters. The minimum absolute atomic E-state index is 0.0782. The van der Waals surface area contributed by atoms with E-state index >= 15 is 0 Å². The number of esters is 2. The van der Waals surface area contributed by atoms with E-state index in [0.29, 0.717) is 40.7 Å². The van der Waals surface area contributed by atoms with Crippen molar-refractivity contribution in [2.75, 3.05) is 42.8 Å². The van der Waals surface area contributed by atoms with Gasteiger partial charge in [0.2, 0.25) is 0 Å². The predicted octanol–water partition coefficient (Wildman–Crippen LogP) is 13.6. The van der Waals surface area contributed by atoms with Crippen LogP contribution in [0.1, 0.15) is 144 Å². The number of anilines is 4. The monoisotopic (exact) mass is 931 g/mol. The van der Waals surface area contributed by atoms with Crippen LogP contribution in [0.4, 0.5) is 35.9 Å². The molecule has 4 aromatic rings. The molecule has 67 heavy (non-hydrogen) atoms. The van der Waals surface area contributed by atoms with Gasteiger partial charge < -0.3 is 41.9 Å². The van der Waals surface area contributed by atoms with Gasteiger partial charge in [0.1, 0.15) is 17.2 Å². The van der Waals surface area contributed by atoms with Crippen molar-refractivity contribution >= 4 is 40.8 Å². The summed E-state index contributed by atoms with van der Waals surface area (Å²) in [5, 5.41) is 0. The average molecular weight is 931 g/mol. The standard InChI is InChI=1S/C30H29F3N2O5.C24H44N2O/c31-30(32,33)17-3-18-38-25-14-9-23(10-15-25)29(37)40-26-12-6-21(7-13-26)4-1-2-5-28(36)39-19-16-22-8-11-24(34)20-27(22)35;1-2-3-4-5-6-7-8-9-10-11-12-13-14-15-16-17-20-27-24-19-18-22(25)21-23(24)26/h1-2,4-15,20H,3,16-19,34-35H2;18-19,21H,2-17,20,25-26H2,1H3/b4-1+,5-2+;. The van der Waals surface area contributed by atoms with Gasteiger partial charge in [-0.1, -0.05) is 140 Å². The average Bonchev–Trinajstić information content (AvgIpc) is 3.29. The fourth-order valence-corrected chi connectivity index (χ4v) is 6.95. The highest BCUT2D eigenvalue weighted by Crippen LogP contribution is 2.25. The lowest BCUT2D eigenvalue weighted by atomic mass is 10.0. The van der Waals surface area contributed by atoms with E-state index in [1.165, 1.54) is 127 Å². The smallest absolute Gasteiger partial charge is 0.389 e. The van der Waals surface area contributed by atoms with E-state index in [4.69, 9.17) is 41.9 Å². The Morgan fingerprint density at radius 2 is 1.10 bits per heavy atom. The third kappa shape index (κ3) is 26.0. The third-order valence-electron chi connectivity index (χ3n) is 10.8.